The molecule has 0 aromatic carbocycles. The van der Waals surface area contributed by atoms with Gasteiger partial charge in [-0.2, -0.15) is 0 Å². The lowest BCUT2D eigenvalue weighted by Gasteiger charge is -2.18. The van der Waals surface area contributed by atoms with E-state index in [1.807, 2.05) is 6.08 Å². The van der Waals surface area contributed by atoms with Crippen LogP contribution in [0.4, 0.5) is 0 Å². The maximum absolute atomic E-state index is 12.8. The summed E-state index contributed by atoms with van der Waals surface area (Å²) in [5.74, 6) is -0.934. The minimum atomic E-state index is -0.787. The van der Waals surface area contributed by atoms with Crippen LogP contribution in [0.3, 0.4) is 0 Å². The van der Waals surface area contributed by atoms with E-state index in [1.165, 1.54) is 205 Å². The molecule has 0 fully saturated rings. The number of rotatable bonds is 51. The summed E-state index contributed by atoms with van der Waals surface area (Å²) in [7, 11) is 0. The number of ether oxygens (including phenoxy) is 3. The van der Waals surface area contributed by atoms with E-state index in [2.05, 4.69) is 39.0 Å². The van der Waals surface area contributed by atoms with E-state index in [1.54, 1.807) is 0 Å². The van der Waals surface area contributed by atoms with E-state index in [-0.39, 0.29) is 37.5 Å². The SMILES string of the molecule is CCCCCCCC/C=C\C/C=C\CCC(=O)OCC(COC(=O)CCCCCCCCCCCCCCCCCCC)OC(=O)CCCCCCCCCCCCCCCCC. The molecule has 1 unspecified atom stereocenters. The van der Waals surface area contributed by atoms with Crippen LogP contribution in [0.2, 0.25) is 0 Å². The third-order valence-corrected chi connectivity index (χ3v) is 12.5. The Hall–Kier alpha value is -2.11. The van der Waals surface area contributed by atoms with Crippen LogP contribution >= 0.6 is 0 Å². The van der Waals surface area contributed by atoms with E-state index < -0.39 is 6.10 Å². The molecular formula is C57H106O6. The van der Waals surface area contributed by atoms with Crippen LogP contribution in [-0.2, 0) is 28.6 Å². The molecule has 6 heteroatoms. The van der Waals surface area contributed by atoms with Crippen LogP contribution in [0.25, 0.3) is 0 Å². The number of hydrogen-bond donors (Lipinski definition) is 0. The molecule has 0 aliphatic heterocycles. The van der Waals surface area contributed by atoms with Gasteiger partial charge in [-0.15, -0.1) is 0 Å². The quantitative estimate of drug-likeness (QED) is 0.0262. The summed E-state index contributed by atoms with van der Waals surface area (Å²) in [5.41, 5.74) is 0. The third kappa shape index (κ3) is 50.7. The van der Waals surface area contributed by atoms with E-state index >= 15 is 0 Å². The van der Waals surface area contributed by atoms with E-state index in [4.69, 9.17) is 14.2 Å². The summed E-state index contributed by atoms with van der Waals surface area (Å²) >= 11 is 0. The van der Waals surface area contributed by atoms with Gasteiger partial charge in [-0.25, -0.2) is 0 Å². The Morgan fingerprint density at radius 3 is 0.968 bits per heavy atom. The predicted molar refractivity (Wildman–Crippen MR) is 270 cm³/mol. The van der Waals surface area contributed by atoms with Crippen molar-refractivity contribution in [2.75, 3.05) is 13.2 Å². The van der Waals surface area contributed by atoms with Crippen LogP contribution in [0.5, 0.6) is 0 Å². The minimum Gasteiger partial charge on any atom is -0.462 e. The van der Waals surface area contributed by atoms with Crippen molar-refractivity contribution in [2.45, 2.75) is 309 Å². The Morgan fingerprint density at radius 1 is 0.317 bits per heavy atom. The summed E-state index contributed by atoms with van der Waals surface area (Å²) in [5, 5.41) is 0. The van der Waals surface area contributed by atoms with E-state index in [9.17, 15) is 14.4 Å². The molecule has 370 valence electrons. The van der Waals surface area contributed by atoms with Gasteiger partial charge in [0.2, 0.25) is 0 Å². The molecule has 0 saturated carbocycles. The normalized spacial score (nSPS) is 12.1. The zero-order valence-electron chi connectivity index (χ0n) is 42.4. The summed E-state index contributed by atoms with van der Waals surface area (Å²) in [4.78, 5) is 38.0. The van der Waals surface area contributed by atoms with Crippen LogP contribution in [-0.4, -0.2) is 37.2 Å². The van der Waals surface area contributed by atoms with Gasteiger partial charge in [0, 0.05) is 19.3 Å². The molecule has 63 heavy (non-hydrogen) atoms. The highest BCUT2D eigenvalue weighted by molar-refractivity contribution is 5.71. The largest absolute Gasteiger partial charge is 0.462 e. The van der Waals surface area contributed by atoms with Crippen molar-refractivity contribution >= 4 is 17.9 Å². The molecule has 6 nitrogen and oxygen atoms in total. The Kier molecular flexibility index (Phi) is 50.8. The fourth-order valence-electron chi connectivity index (χ4n) is 8.26. The fourth-order valence-corrected chi connectivity index (χ4v) is 8.26. The number of allylic oxidation sites excluding steroid dienone is 4. The average Bonchev–Trinajstić information content (AvgIpc) is 3.28. The highest BCUT2D eigenvalue weighted by atomic mass is 16.6. The summed E-state index contributed by atoms with van der Waals surface area (Å²) in [6.45, 7) is 6.62. The molecule has 0 amide bonds. The van der Waals surface area contributed by atoms with Gasteiger partial charge in [0.25, 0.3) is 0 Å². The highest BCUT2D eigenvalue weighted by Gasteiger charge is 2.19. The first-order chi connectivity index (χ1) is 31.0. The lowest BCUT2D eigenvalue weighted by molar-refractivity contribution is -0.166. The molecule has 0 saturated heterocycles. The fraction of sp³-hybridized carbons (Fsp3) is 0.877. The van der Waals surface area contributed by atoms with Crippen LogP contribution in [0, 0.1) is 0 Å². The molecule has 0 aliphatic carbocycles. The van der Waals surface area contributed by atoms with Crippen molar-refractivity contribution in [1.82, 2.24) is 0 Å². The molecule has 1 atom stereocenters. The zero-order valence-corrected chi connectivity index (χ0v) is 42.4. The maximum atomic E-state index is 12.8. The first kappa shape index (κ1) is 60.9. The van der Waals surface area contributed by atoms with Gasteiger partial charge >= 0.3 is 17.9 Å². The average molecular weight is 887 g/mol. The summed E-state index contributed by atoms with van der Waals surface area (Å²) < 4.78 is 16.8. The van der Waals surface area contributed by atoms with Crippen molar-refractivity contribution < 1.29 is 28.6 Å². The smallest absolute Gasteiger partial charge is 0.306 e. The van der Waals surface area contributed by atoms with Crippen LogP contribution < -0.4 is 0 Å². The van der Waals surface area contributed by atoms with Crippen molar-refractivity contribution in [1.29, 1.82) is 0 Å². The molecule has 0 heterocycles. The molecule has 0 N–H and O–H groups in total. The Balaban J connectivity index is 4.36. The van der Waals surface area contributed by atoms with Crippen molar-refractivity contribution in [3.05, 3.63) is 24.3 Å². The van der Waals surface area contributed by atoms with Crippen molar-refractivity contribution in [3.8, 4) is 0 Å². The van der Waals surface area contributed by atoms with Gasteiger partial charge in [-0.05, 0) is 38.5 Å². The Labute approximate surface area is 392 Å². The van der Waals surface area contributed by atoms with Crippen LogP contribution in [0.15, 0.2) is 24.3 Å². The van der Waals surface area contributed by atoms with Gasteiger partial charge in [-0.3, -0.25) is 14.4 Å². The van der Waals surface area contributed by atoms with Crippen molar-refractivity contribution in [2.24, 2.45) is 0 Å². The molecular weight excluding hydrogens is 781 g/mol. The molecule has 0 bridgehead atoms. The van der Waals surface area contributed by atoms with Crippen LogP contribution in [0.1, 0.15) is 303 Å². The van der Waals surface area contributed by atoms with Gasteiger partial charge in [-0.1, -0.05) is 270 Å². The van der Waals surface area contributed by atoms with Gasteiger partial charge in [0.1, 0.15) is 13.2 Å². The third-order valence-electron chi connectivity index (χ3n) is 12.5. The zero-order chi connectivity index (χ0) is 45.8. The summed E-state index contributed by atoms with van der Waals surface area (Å²) in [6.07, 6.45) is 60.3. The predicted octanol–water partition coefficient (Wildman–Crippen LogP) is 18.3. The summed E-state index contributed by atoms with van der Waals surface area (Å²) in [6, 6.07) is 0. The number of carbonyl (C=O) groups is 3. The first-order valence-electron chi connectivity index (χ1n) is 27.8. The Bertz CT molecular complexity index is 1020. The molecule has 0 radical (unpaired) electrons. The molecule has 0 aliphatic rings. The topological polar surface area (TPSA) is 78.9 Å². The monoisotopic (exact) mass is 887 g/mol. The standard InChI is InChI=1S/C57H106O6/c1-4-7-10-13-16-19-22-25-27-28-30-32-35-38-41-44-47-50-56(59)62-53-54(52-61-55(58)49-46-43-40-37-34-31-24-21-18-15-12-9-6-3)63-57(60)51-48-45-42-39-36-33-29-26-23-20-17-14-11-8-5-2/h31,34,40,43,54H,4-30,32-33,35-39,41-42,44-53H2,1-3H3/b34-31-,43-40-. The second-order valence-electron chi connectivity index (χ2n) is 18.9. The van der Waals surface area contributed by atoms with Gasteiger partial charge in [0.15, 0.2) is 6.10 Å². The number of unbranched alkanes of at least 4 members (excludes halogenated alkanes) is 36. The molecule has 0 aromatic heterocycles. The number of hydrogen-bond acceptors (Lipinski definition) is 6. The van der Waals surface area contributed by atoms with Crippen molar-refractivity contribution in [3.63, 3.8) is 0 Å². The molecule has 0 aromatic rings. The van der Waals surface area contributed by atoms with Gasteiger partial charge < -0.3 is 14.2 Å². The second kappa shape index (κ2) is 52.5. The Morgan fingerprint density at radius 2 is 0.603 bits per heavy atom. The molecule has 0 rings (SSSR count). The van der Waals surface area contributed by atoms with Gasteiger partial charge in [0.05, 0.1) is 0 Å². The minimum absolute atomic E-state index is 0.0827. The first-order valence-corrected chi connectivity index (χ1v) is 27.8. The van der Waals surface area contributed by atoms with E-state index in [0.29, 0.717) is 19.3 Å². The molecule has 0 spiro atoms. The highest BCUT2D eigenvalue weighted by Crippen LogP contribution is 2.17. The number of carbonyl (C=O) groups excluding carboxylic acids is 3. The maximum Gasteiger partial charge on any atom is 0.306 e. The lowest BCUT2D eigenvalue weighted by atomic mass is 10.0. The lowest BCUT2D eigenvalue weighted by Crippen LogP contribution is -2.30. The number of esters is 3. The second-order valence-corrected chi connectivity index (χ2v) is 18.9. The van der Waals surface area contributed by atoms with E-state index in [0.717, 1.165) is 51.4 Å².